The highest BCUT2D eigenvalue weighted by atomic mass is 79.9. The van der Waals surface area contributed by atoms with Gasteiger partial charge in [0.15, 0.2) is 0 Å². The first-order valence-electron chi connectivity index (χ1n) is 5.22. The number of hydrogen-bond acceptors (Lipinski definition) is 0. The molecule has 0 aromatic rings. The van der Waals surface area contributed by atoms with Crippen molar-refractivity contribution in [3.8, 4) is 0 Å². The Labute approximate surface area is 86.3 Å². The first-order chi connectivity index (χ1) is 5.66. The smallest absolute Gasteiger partial charge is 0.00570 e. The first kappa shape index (κ1) is 12.5. The van der Waals surface area contributed by atoms with Gasteiger partial charge in [0.1, 0.15) is 0 Å². The molecule has 0 saturated carbocycles. The fraction of sp³-hybridized carbons (Fsp3) is 1.00. The van der Waals surface area contributed by atoms with Crippen molar-refractivity contribution < 1.29 is 0 Å². The Bertz CT molecular complexity index is 89.0. The van der Waals surface area contributed by atoms with Gasteiger partial charge in [-0.3, -0.25) is 0 Å². The van der Waals surface area contributed by atoms with Crippen LogP contribution in [-0.4, -0.2) is 5.33 Å². The predicted molar refractivity (Wildman–Crippen MR) is 60.9 cm³/mol. The van der Waals surface area contributed by atoms with E-state index in [4.69, 9.17) is 0 Å². The Balaban J connectivity index is 3.00. The molecular weight excluding hydrogens is 212 g/mol. The standard InChI is InChI=1S/C11H23Br/c1-10(2)7-5-4-6-8-11(3)9-12/h10-11H,4-9H2,1-3H3. The molecule has 0 rings (SSSR count). The summed E-state index contributed by atoms with van der Waals surface area (Å²) in [5, 5.41) is 1.16. The maximum absolute atomic E-state index is 3.51. The lowest BCUT2D eigenvalue weighted by Gasteiger charge is -2.07. The molecule has 0 heterocycles. The van der Waals surface area contributed by atoms with Gasteiger partial charge in [-0.2, -0.15) is 0 Å². The molecular formula is C11H23Br. The number of alkyl halides is 1. The second kappa shape index (κ2) is 8.10. The van der Waals surface area contributed by atoms with Crippen molar-refractivity contribution >= 4 is 15.9 Å². The van der Waals surface area contributed by atoms with Gasteiger partial charge in [-0.1, -0.05) is 62.4 Å². The van der Waals surface area contributed by atoms with Crippen molar-refractivity contribution in [1.29, 1.82) is 0 Å². The van der Waals surface area contributed by atoms with Gasteiger partial charge in [-0.15, -0.1) is 0 Å². The van der Waals surface area contributed by atoms with Crippen LogP contribution in [0.1, 0.15) is 52.9 Å². The zero-order valence-corrected chi connectivity index (χ0v) is 10.4. The average molecular weight is 235 g/mol. The Hall–Kier alpha value is 0.480. The molecule has 0 spiro atoms. The predicted octanol–water partition coefficient (Wildman–Crippen LogP) is 4.62. The quantitative estimate of drug-likeness (QED) is 0.446. The topological polar surface area (TPSA) is 0 Å². The van der Waals surface area contributed by atoms with Gasteiger partial charge in [0.05, 0.1) is 0 Å². The molecule has 0 radical (unpaired) electrons. The van der Waals surface area contributed by atoms with Crippen LogP contribution in [0.2, 0.25) is 0 Å². The van der Waals surface area contributed by atoms with E-state index in [0.29, 0.717) is 0 Å². The van der Waals surface area contributed by atoms with Crippen molar-refractivity contribution in [2.75, 3.05) is 5.33 Å². The molecule has 0 aromatic heterocycles. The molecule has 0 saturated heterocycles. The first-order valence-corrected chi connectivity index (χ1v) is 6.35. The van der Waals surface area contributed by atoms with Crippen molar-refractivity contribution in [3.63, 3.8) is 0 Å². The number of hydrogen-bond donors (Lipinski definition) is 0. The second-order valence-corrected chi connectivity index (χ2v) is 4.94. The maximum Gasteiger partial charge on any atom is 0.00570 e. The molecule has 1 atom stereocenters. The minimum Gasteiger partial charge on any atom is -0.0925 e. The molecule has 0 nitrogen and oxygen atoms in total. The molecule has 1 unspecified atom stereocenters. The molecule has 0 aliphatic rings. The summed E-state index contributed by atoms with van der Waals surface area (Å²) in [6, 6.07) is 0. The Morgan fingerprint density at radius 2 is 1.50 bits per heavy atom. The monoisotopic (exact) mass is 234 g/mol. The van der Waals surface area contributed by atoms with E-state index in [-0.39, 0.29) is 0 Å². The summed E-state index contributed by atoms with van der Waals surface area (Å²) < 4.78 is 0. The van der Waals surface area contributed by atoms with E-state index in [1.165, 1.54) is 32.1 Å². The molecule has 0 amide bonds. The van der Waals surface area contributed by atoms with Gasteiger partial charge in [-0.05, 0) is 18.3 Å². The molecule has 0 bridgehead atoms. The third-order valence-electron chi connectivity index (χ3n) is 2.24. The summed E-state index contributed by atoms with van der Waals surface area (Å²) in [7, 11) is 0. The lowest BCUT2D eigenvalue weighted by molar-refractivity contribution is 0.490. The van der Waals surface area contributed by atoms with E-state index >= 15 is 0 Å². The minimum absolute atomic E-state index is 0.865. The number of unbranched alkanes of at least 4 members (excludes halogenated alkanes) is 2. The largest absolute Gasteiger partial charge is 0.0925 e. The molecule has 12 heavy (non-hydrogen) atoms. The molecule has 0 fully saturated rings. The Morgan fingerprint density at radius 1 is 0.917 bits per heavy atom. The van der Waals surface area contributed by atoms with Gasteiger partial charge in [0, 0.05) is 5.33 Å². The van der Waals surface area contributed by atoms with E-state index in [1.54, 1.807) is 0 Å². The van der Waals surface area contributed by atoms with Crippen LogP contribution >= 0.6 is 15.9 Å². The lowest BCUT2D eigenvalue weighted by atomic mass is 10.0. The van der Waals surface area contributed by atoms with Crippen molar-refractivity contribution in [2.45, 2.75) is 52.9 Å². The summed E-state index contributed by atoms with van der Waals surface area (Å²) >= 11 is 3.51. The third-order valence-corrected chi connectivity index (χ3v) is 3.35. The van der Waals surface area contributed by atoms with Crippen LogP contribution in [0.4, 0.5) is 0 Å². The van der Waals surface area contributed by atoms with Gasteiger partial charge in [0.25, 0.3) is 0 Å². The highest BCUT2D eigenvalue weighted by Crippen LogP contribution is 2.14. The summed E-state index contributed by atoms with van der Waals surface area (Å²) in [5.74, 6) is 1.75. The van der Waals surface area contributed by atoms with E-state index in [1.807, 2.05) is 0 Å². The fourth-order valence-electron chi connectivity index (χ4n) is 1.30. The van der Waals surface area contributed by atoms with Crippen LogP contribution in [-0.2, 0) is 0 Å². The minimum atomic E-state index is 0.865. The third kappa shape index (κ3) is 8.58. The molecule has 1 heteroatoms. The fourth-order valence-corrected chi connectivity index (χ4v) is 1.62. The van der Waals surface area contributed by atoms with E-state index < -0.39 is 0 Å². The van der Waals surface area contributed by atoms with Crippen LogP contribution in [0.5, 0.6) is 0 Å². The summed E-state index contributed by atoms with van der Waals surface area (Å²) in [6.45, 7) is 6.93. The normalized spacial score (nSPS) is 13.8. The molecule has 74 valence electrons. The lowest BCUT2D eigenvalue weighted by Crippen LogP contribution is -1.95. The Morgan fingerprint density at radius 3 is 2.00 bits per heavy atom. The highest BCUT2D eigenvalue weighted by Gasteiger charge is 1.99. The van der Waals surface area contributed by atoms with Gasteiger partial charge < -0.3 is 0 Å². The molecule has 0 aliphatic heterocycles. The molecule has 0 N–H and O–H groups in total. The van der Waals surface area contributed by atoms with Crippen LogP contribution in [0.15, 0.2) is 0 Å². The van der Waals surface area contributed by atoms with E-state index in [9.17, 15) is 0 Å². The summed E-state index contributed by atoms with van der Waals surface area (Å²) in [5.41, 5.74) is 0. The Kier molecular flexibility index (Phi) is 8.42. The molecule has 0 aromatic carbocycles. The zero-order valence-electron chi connectivity index (χ0n) is 8.78. The SMILES string of the molecule is CC(C)CCCCCC(C)CBr. The van der Waals surface area contributed by atoms with Crippen LogP contribution in [0.3, 0.4) is 0 Å². The number of halogens is 1. The summed E-state index contributed by atoms with van der Waals surface area (Å²) in [4.78, 5) is 0. The van der Waals surface area contributed by atoms with Crippen molar-refractivity contribution in [2.24, 2.45) is 11.8 Å². The summed E-state index contributed by atoms with van der Waals surface area (Å²) in [6.07, 6.45) is 7.06. The van der Waals surface area contributed by atoms with Crippen LogP contribution < -0.4 is 0 Å². The van der Waals surface area contributed by atoms with E-state index in [2.05, 4.69) is 36.7 Å². The average Bonchev–Trinajstić information content (AvgIpc) is 2.03. The number of rotatable bonds is 7. The second-order valence-electron chi connectivity index (χ2n) is 4.29. The van der Waals surface area contributed by atoms with Gasteiger partial charge in [0.2, 0.25) is 0 Å². The molecule has 0 aliphatic carbocycles. The van der Waals surface area contributed by atoms with Crippen molar-refractivity contribution in [1.82, 2.24) is 0 Å². The van der Waals surface area contributed by atoms with Crippen LogP contribution in [0, 0.1) is 11.8 Å². The van der Waals surface area contributed by atoms with Gasteiger partial charge >= 0.3 is 0 Å². The van der Waals surface area contributed by atoms with Crippen molar-refractivity contribution in [3.05, 3.63) is 0 Å². The highest BCUT2D eigenvalue weighted by molar-refractivity contribution is 9.09. The van der Waals surface area contributed by atoms with E-state index in [0.717, 1.165) is 17.2 Å². The van der Waals surface area contributed by atoms with Gasteiger partial charge in [-0.25, -0.2) is 0 Å². The van der Waals surface area contributed by atoms with Crippen LogP contribution in [0.25, 0.3) is 0 Å². The maximum atomic E-state index is 3.51. The zero-order chi connectivity index (χ0) is 9.40.